The third kappa shape index (κ3) is 2.14. The lowest BCUT2D eigenvalue weighted by molar-refractivity contribution is -0.134. The number of alkyl halides is 2. The number of hydrogen-bond acceptors (Lipinski definition) is 4. The molecule has 1 saturated carbocycles. The highest BCUT2D eigenvalue weighted by molar-refractivity contribution is 9.11. The Balaban J connectivity index is 1.87. The molecule has 3 nitrogen and oxygen atoms in total. The van der Waals surface area contributed by atoms with Gasteiger partial charge in [0.05, 0.1) is 0 Å². The van der Waals surface area contributed by atoms with Crippen LogP contribution in [-0.4, -0.2) is 22.2 Å². The minimum Gasteiger partial charge on any atom is -0.465 e. The van der Waals surface area contributed by atoms with E-state index >= 15 is 0 Å². The van der Waals surface area contributed by atoms with E-state index in [0.29, 0.717) is 9.11 Å². The van der Waals surface area contributed by atoms with E-state index in [2.05, 4.69) is 26.1 Å². The maximum absolute atomic E-state index is 12.4. The first-order valence-corrected chi connectivity index (χ1v) is 5.20. The molecule has 0 aromatic carbocycles. The average Bonchev–Trinajstić information content (AvgIpc) is 2.31. The molecule has 0 atom stereocenters. The lowest BCUT2D eigenvalue weighted by Gasteiger charge is -2.33. The summed E-state index contributed by atoms with van der Waals surface area (Å²) in [6.45, 7) is 0. The lowest BCUT2D eigenvalue weighted by Crippen LogP contribution is -2.43. The Morgan fingerprint density at radius 2 is 2.15 bits per heavy atom. The molecule has 0 amide bonds. The SMILES string of the molecule is FC1(F)CC(Oc2nnc(Br)s2)C1. The molecular weight excluding hydrogens is 266 g/mol. The van der Waals surface area contributed by atoms with Crippen molar-refractivity contribution in [3.8, 4) is 5.19 Å². The molecule has 0 saturated heterocycles. The minimum atomic E-state index is -2.55. The predicted octanol–water partition coefficient (Wildman–Crippen LogP) is 2.48. The number of ether oxygens (including phenoxy) is 1. The quantitative estimate of drug-likeness (QED) is 0.828. The number of nitrogens with zero attached hydrogens (tertiary/aromatic N) is 2. The van der Waals surface area contributed by atoms with Crippen LogP contribution in [0.2, 0.25) is 0 Å². The van der Waals surface area contributed by atoms with Gasteiger partial charge in [-0.1, -0.05) is 5.10 Å². The Bertz CT molecular complexity index is 311. The zero-order chi connectivity index (χ0) is 9.47. The average molecular weight is 271 g/mol. The van der Waals surface area contributed by atoms with Crippen LogP contribution in [0.1, 0.15) is 12.8 Å². The van der Waals surface area contributed by atoms with Crippen molar-refractivity contribution < 1.29 is 13.5 Å². The Hall–Kier alpha value is -0.300. The molecule has 1 heterocycles. The normalized spacial score (nSPS) is 21.2. The van der Waals surface area contributed by atoms with Gasteiger partial charge >= 0.3 is 0 Å². The fraction of sp³-hybridized carbons (Fsp3) is 0.667. The van der Waals surface area contributed by atoms with Crippen LogP contribution in [-0.2, 0) is 0 Å². The molecule has 1 aliphatic rings. The minimum absolute atomic E-state index is 0.218. The van der Waals surface area contributed by atoms with E-state index in [1.54, 1.807) is 0 Å². The number of halogens is 3. The summed E-state index contributed by atoms with van der Waals surface area (Å²) in [6, 6.07) is 0. The van der Waals surface area contributed by atoms with Crippen LogP contribution >= 0.6 is 27.3 Å². The van der Waals surface area contributed by atoms with Gasteiger partial charge in [-0.2, -0.15) is 0 Å². The molecule has 1 aromatic rings. The Kier molecular flexibility index (Phi) is 2.23. The van der Waals surface area contributed by atoms with Crippen LogP contribution in [0.5, 0.6) is 5.19 Å². The van der Waals surface area contributed by atoms with Crippen molar-refractivity contribution in [2.45, 2.75) is 24.9 Å². The van der Waals surface area contributed by atoms with Crippen LogP contribution in [0, 0.1) is 0 Å². The largest absolute Gasteiger partial charge is 0.465 e. The van der Waals surface area contributed by atoms with Gasteiger partial charge in [0.1, 0.15) is 6.10 Å². The molecule has 1 aromatic heterocycles. The smallest absolute Gasteiger partial charge is 0.295 e. The first-order valence-electron chi connectivity index (χ1n) is 3.59. The summed E-state index contributed by atoms with van der Waals surface area (Å²) in [7, 11) is 0. The van der Waals surface area contributed by atoms with Crippen LogP contribution in [0.15, 0.2) is 3.92 Å². The highest BCUT2D eigenvalue weighted by atomic mass is 79.9. The maximum Gasteiger partial charge on any atom is 0.295 e. The van der Waals surface area contributed by atoms with Gasteiger partial charge in [-0.15, -0.1) is 5.10 Å². The lowest BCUT2D eigenvalue weighted by atomic mass is 9.91. The van der Waals surface area contributed by atoms with Crippen molar-refractivity contribution in [3.05, 3.63) is 3.92 Å². The Morgan fingerprint density at radius 3 is 2.62 bits per heavy atom. The molecule has 0 unspecified atom stereocenters. The first kappa shape index (κ1) is 9.26. The standard InChI is InChI=1S/C6H5BrF2N2OS/c7-4-10-11-5(13-4)12-3-1-6(8,9)2-3/h3H,1-2H2. The Morgan fingerprint density at radius 1 is 1.46 bits per heavy atom. The van der Waals surface area contributed by atoms with E-state index in [4.69, 9.17) is 4.74 Å². The molecule has 7 heteroatoms. The van der Waals surface area contributed by atoms with Crippen molar-refractivity contribution in [2.75, 3.05) is 0 Å². The molecule has 1 fully saturated rings. The summed E-state index contributed by atoms with van der Waals surface area (Å²) in [5, 5.41) is 7.62. The van der Waals surface area contributed by atoms with Gasteiger partial charge in [0.2, 0.25) is 0 Å². The van der Waals surface area contributed by atoms with Gasteiger partial charge in [0.15, 0.2) is 3.92 Å². The molecule has 0 spiro atoms. The number of aromatic nitrogens is 2. The first-order chi connectivity index (χ1) is 6.05. The number of rotatable bonds is 2. The zero-order valence-electron chi connectivity index (χ0n) is 6.34. The molecule has 72 valence electrons. The second kappa shape index (κ2) is 3.13. The van der Waals surface area contributed by atoms with Crippen LogP contribution in [0.4, 0.5) is 8.78 Å². The number of hydrogen-bond donors (Lipinski definition) is 0. The summed E-state index contributed by atoms with van der Waals surface area (Å²) in [4.78, 5) is 0. The van der Waals surface area contributed by atoms with E-state index in [-0.39, 0.29) is 12.8 Å². The van der Waals surface area contributed by atoms with Crippen LogP contribution < -0.4 is 4.74 Å². The third-order valence-corrected chi connectivity index (χ3v) is 2.95. The molecule has 0 radical (unpaired) electrons. The zero-order valence-corrected chi connectivity index (χ0v) is 8.74. The van der Waals surface area contributed by atoms with E-state index in [1.165, 1.54) is 11.3 Å². The van der Waals surface area contributed by atoms with Crippen LogP contribution in [0.3, 0.4) is 0 Å². The third-order valence-electron chi connectivity index (χ3n) is 1.70. The highest BCUT2D eigenvalue weighted by Crippen LogP contribution is 2.40. The molecular formula is C6H5BrF2N2OS. The Labute approximate surface area is 85.2 Å². The van der Waals surface area contributed by atoms with Crippen molar-refractivity contribution in [2.24, 2.45) is 0 Å². The molecule has 0 N–H and O–H groups in total. The molecule has 2 rings (SSSR count). The summed E-state index contributed by atoms with van der Waals surface area (Å²) in [5.74, 6) is -2.55. The van der Waals surface area contributed by atoms with Crippen molar-refractivity contribution in [3.63, 3.8) is 0 Å². The fourth-order valence-corrected chi connectivity index (χ4v) is 2.06. The van der Waals surface area contributed by atoms with Crippen molar-refractivity contribution in [1.82, 2.24) is 10.2 Å². The van der Waals surface area contributed by atoms with Crippen LogP contribution in [0.25, 0.3) is 0 Å². The second-order valence-electron chi connectivity index (χ2n) is 2.82. The highest BCUT2D eigenvalue weighted by Gasteiger charge is 2.47. The topological polar surface area (TPSA) is 35.0 Å². The molecule has 0 bridgehead atoms. The van der Waals surface area contributed by atoms with E-state index < -0.39 is 12.0 Å². The summed E-state index contributed by atoms with van der Waals surface area (Å²) in [6.07, 6.45) is -0.844. The van der Waals surface area contributed by atoms with Gasteiger partial charge in [-0.25, -0.2) is 8.78 Å². The predicted molar refractivity (Wildman–Crippen MR) is 46.2 cm³/mol. The van der Waals surface area contributed by atoms with Crippen molar-refractivity contribution >= 4 is 27.3 Å². The van der Waals surface area contributed by atoms with Gasteiger partial charge in [0, 0.05) is 12.8 Å². The molecule has 0 aliphatic heterocycles. The maximum atomic E-state index is 12.4. The summed E-state index contributed by atoms with van der Waals surface area (Å²) >= 11 is 4.29. The fourth-order valence-electron chi connectivity index (χ4n) is 1.07. The second-order valence-corrected chi connectivity index (χ2v) is 5.04. The van der Waals surface area contributed by atoms with Gasteiger partial charge < -0.3 is 4.74 Å². The van der Waals surface area contributed by atoms with Gasteiger partial charge in [-0.3, -0.25) is 0 Å². The molecule has 13 heavy (non-hydrogen) atoms. The van der Waals surface area contributed by atoms with Gasteiger partial charge in [-0.05, 0) is 27.3 Å². The summed E-state index contributed by atoms with van der Waals surface area (Å²) < 4.78 is 30.5. The summed E-state index contributed by atoms with van der Waals surface area (Å²) in [5.41, 5.74) is 0. The van der Waals surface area contributed by atoms with E-state index in [0.717, 1.165) is 0 Å². The van der Waals surface area contributed by atoms with Gasteiger partial charge in [0.25, 0.3) is 11.1 Å². The van der Waals surface area contributed by atoms with Crippen molar-refractivity contribution in [1.29, 1.82) is 0 Å². The monoisotopic (exact) mass is 270 g/mol. The van der Waals surface area contributed by atoms with E-state index in [9.17, 15) is 8.78 Å². The molecule has 1 aliphatic carbocycles. The van der Waals surface area contributed by atoms with E-state index in [1.807, 2.05) is 0 Å².